The molecule has 2 aromatic heterocycles. The fourth-order valence-electron chi connectivity index (χ4n) is 1.83. The first kappa shape index (κ1) is 10.4. The molecular weight excluding hydrogens is 230 g/mol. The Morgan fingerprint density at radius 3 is 2.67 bits per heavy atom. The Labute approximate surface area is 102 Å². The number of primary amides is 1. The average Bonchev–Trinajstić information content (AvgIpc) is 2.82. The number of carbonyl (C=O) groups excluding carboxylic acids is 1. The predicted octanol–water partition coefficient (Wildman–Crippen LogP) is 1.12. The highest BCUT2D eigenvalue weighted by Gasteiger charge is 2.11. The Morgan fingerprint density at radius 2 is 1.94 bits per heavy atom. The fraction of sp³-hybridized carbons (Fsp3) is 0. The highest BCUT2D eigenvalue weighted by Crippen LogP contribution is 2.24. The largest absolute Gasteiger partial charge is 0.364 e. The normalized spacial score (nSPS) is 10.7. The molecule has 0 saturated carbocycles. The van der Waals surface area contributed by atoms with E-state index in [9.17, 15) is 4.79 Å². The molecule has 0 atom stereocenters. The van der Waals surface area contributed by atoms with Crippen LogP contribution in [0, 0.1) is 0 Å². The van der Waals surface area contributed by atoms with Crippen LogP contribution in [0.3, 0.4) is 0 Å². The Kier molecular flexibility index (Phi) is 2.26. The summed E-state index contributed by atoms with van der Waals surface area (Å²) in [4.78, 5) is 19.2. The second-order valence-corrected chi connectivity index (χ2v) is 3.82. The number of fused-ring (bicyclic) bond motifs is 1. The summed E-state index contributed by atoms with van der Waals surface area (Å²) in [6.07, 6.45) is 4.88. The topological polar surface area (TPSA) is 97.6 Å². The first-order valence-electron chi connectivity index (χ1n) is 5.29. The summed E-state index contributed by atoms with van der Waals surface area (Å²) in [6, 6.07) is 5.60. The monoisotopic (exact) mass is 239 g/mol. The zero-order chi connectivity index (χ0) is 12.5. The molecule has 0 saturated heterocycles. The van der Waals surface area contributed by atoms with Crippen molar-refractivity contribution >= 4 is 16.8 Å². The molecule has 0 fully saturated rings. The maximum absolute atomic E-state index is 11.2. The minimum absolute atomic E-state index is 0.240. The number of H-pyrrole nitrogens is 1. The lowest BCUT2D eigenvalue weighted by Gasteiger charge is -2.00. The number of nitrogens with zero attached hydrogens (tertiary/aromatic N) is 3. The maximum atomic E-state index is 11.2. The van der Waals surface area contributed by atoms with E-state index in [2.05, 4.69) is 20.2 Å². The Bertz CT molecular complexity index is 720. The van der Waals surface area contributed by atoms with Crippen molar-refractivity contribution < 1.29 is 4.79 Å². The number of nitrogens with one attached hydrogen (secondary N) is 1. The van der Waals surface area contributed by atoms with Gasteiger partial charge in [-0.05, 0) is 17.7 Å². The minimum atomic E-state index is -0.553. The second kappa shape index (κ2) is 3.92. The van der Waals surface area contributed by atoms with Gasteiger partial charge in [0.2, 0.25) is 0 Å². The summed E-state index contributed by atoms with van der Waals surface area (Å²) >= 11 is 0. The number of amides is 1. The number of benzene rings is 1. The van der Waals surface area contributed by atoms with Gasteiger partial charge >= 0.3 is 0 Å². The molecule has 3 aromatic rings. The van der Waals surface area contributed by atoms with Gasteiger partial charge in [0.1, 0.15) is 6.33 Å². The van der Waals surface area contributed by atoms with Gasteiger partial charge in [0.25, 0.3) is 5.91 Å². The van der Waals surface area contributed by atoms with Crippen LogP contribution in [0.2, 0.25) is 0 Å². The third kappa shape index (κ3) is 1.60. The van der Waals surface area contributed by atoms with Crippen LogP contribution in [0.5, 0.6) is 0 Å². The lowest BCUT2D eigenvalue weighted by Crippen LogP contribution is -2.11. The Hall–Kier alpha value is -2.76. The number of nitrogens with two attached hydrogens (primary N) is 1. The van der Waals surface area contributed by atoms with E-state index in [0.29, 0.717) is 5.39 Å². The van der Waals surface area contributed by atoms with Crippen molar-refractivity contribution in [2.45, 2.75) is 0 Å². The van der Waals surface area contributed by atoms with Crippen LogP contribution in [0.15, 0.2) is 36.9 Å². The molecule has 0 aliphatic heterocycles. The van der Waals surface area contributed by atoms with Gasteiger partial charge in [-0.3, -0.25) is 9.89 Å². The maximum Gasteiger partial charge on any atom is 0.269 e. The molecule has 3 N–H and O–H groups in total. The highest BCUT2D eigenvalue weighted by atomic mass is 16.1. The molecular formula is C12H9N5O. The first-order chi connectivity index (χ1) is 8.75. The molecule has 6 heteroatoms. The van der Waals surface area contributed by atoms with Crippen LogP contribution in [0.4, 0.5) is 0 Å². The number of aromatic nitrogens is 4. The third-order valence-electron chi connectivity index (χ3n) is 2.69. The van der Waals surface area contributed by atoms with Crippen molar-refractivity contribution in [1.82, 2.24) is 20.2 Å². The molecule has 2 heterocycles. The summed E-state index contributed by atoms with van der Waals surface area (Å²) in [6.45, 7) is 0. The quantitative estimate of drug-likeness (QED) is 0.700. The lowest BCUT2D eigenvalue weighted by molar-refractivity contribution is 0.0997. The van der Waals surface area contributed by atoms with Crippen molar-refractivity contribution in [2.24, 2.45) is 5.73 Å². The summed E-state index contributed by atoms with van der Waals surface area (Å²) in [5.74, 6) is -0.553. The summed E-state index contributed by atoms with van der Waals surface area (Å²) in [5, 5.41) is 7.36. The average molecular weight is 239 g/mol. The molecule has 0 aliphatic carbocycles. The van der Waals surface area contributed by atoms with Crippen molar-refractivity contribution in [3.63, 3.8) is 0 Å². The van der Waals surface area contributed by atoms with Crippen LogP contribution in [0.25, 0.3) is 22.0 Å². The molecule has 1 aromatic carbocycles. The zero-order valence-electron chi connectivity index (χ0n) is 9.29. The number of carbonyl (C=O) groups is 1. The van der Waals surface area contributed by atoms with Crippen LogP contribution in [-0.2, 0) is 0 Å². The highest BCUT2D eigenvalue weighted by molar-refractivity contribution is 6.04. The smallest absolute Gasteiger partial charge is 0.269 e. The first-order valence-corrected chi connectivity index (χ1v) is 5.29. The van der Waals surface area contributed by atoms with E-state index in [-0.39, 0.29) is 5.69 Å². The minimum Gasteiger partial charge on any atom is -0.364 e. The lowest BCUT2D eigenvalue weighted by atomic mass is 10.1. The molecule has 0 radical (unpaired) electrons. The summed E-state index contributed by atoms with van der Waals surface area (Å²) in [5.41, 5.74) is 8.05. The standard InChI is InChI=1S/C12H9N5O/c13-12(18)11-9-3-7(1-2-10(9)16-17-11)8-4-14-6-15-5-8/h1-6H,(H2,13,18)(H,16,17). The predicted molar refractivity (Wildman–Crippen MR) is 65.6 cm³/mol. The molecule has 0 bridgehead atoms. The van der Waals surface area contributed by atoms with Crippen LogP contribution in [0.1, 0.15) is 10.5 Å². The molecule has 6 nitrogen and oxygen atoms in total. The molecule has 18 heavy (non-hydrogen) atoms. The van der Waals surface area contributed by atoms with E-state index in [4.69, 9.17) is 5.73 Å². The van der Waals surface area contributed by atoms with E-state index >= 15 is 0 Å². The van der Waals surface area contributed by atoms with Gasteiger partial charge in [0, 0.05) is 23.3 Å². The Morgan fingerprint density at radius 1 is 1.17 bits per heavy atom. The Balaban J connectivity index is 2.21. The number of rotatable bonds is 2. The van der Waals surface area contributed by atoms with E-state index in [0.717, 1.165) is 16.6 Å². The van der Waals surface area contributed by atoms with Crippen molar-refractivity contribution in [2.75, 3.05) is 0 Å². The van der Waals surface area contributed by atoms with Gasteiger partial charge in [0.15, 0.2) is 5.69 Å². The van der Waals surface area contributed by atoms with Crippen LogP contribution in [-0.4, -0.2) is 26.1 Å². The van der Waals surface area contributed by atoms with Crippen LogP contribution < -0.4 is 5.73 Å². The van der Waals surface area contributed by atoms with Crippen molar-refractivity contribution in [1.29, 1.82) is 0 Å². The third-order valence-corrected chi connectivity index (χ3v) is 2.69. The van der Waals surface area contributed by atoms with Gasteiger partial charge in [-0.2, -0.15) is 5.10 Å². The molecule has 0 unspecified atom stereocenters. The second-order valence-electron chi connectivity index (χ2n) is 3.82. The van der Waals surface area contributed by atoms with Gasteiger partial charge < -0.3 is 5.73 Å². The SMILES string of the molecule is NC(=O)c1n[nH]c2ccc(-c3cncnc3)cc12. The van der Waals surface area contributed by atoms with E-state index in [1.165, 1.54) is 6.33 Å². The van der Waals surface area contributed by atoms with Gasteiger partial charge in [0.05, 0.1) is 5.52 Å². The number of aromatic amines is 1. The molecule has 1 amide bonds. The fourth-order valence-corrected chi connectivity index (χ4v) is 1.83. The zero-order valence-corrected chi connectivity index (χ0v) is 9.29. The van der Waals surface area contributed by atoms with Gasteiger partial charge in [-0.1, -0.05) is 6.07 Å². The van der Waals surface area contributed by atoms with Crippen LogP contribution >= 0.6 is 0 Å². The van der Waals surface area contributed by atoms with Crippen molar-refractivity contribution in [3.05, 3.63) is 42.6 Å². The van der Waals surface area contributed by atoms with E-state index < -0.39 is 5.91 Å². The number of hydrogen-bond acceptors (Lipinski definition) is 4. The van der Waals surface area contributed by atoms with E-state index in [1.807, 2.05) is 18.2 Å². The number of hydrogen-bond donors (Lipinski definition) is 2. The molecule has 88 valence electrons. The summed E-state index contributed by atoms with van der Waals surface area (Å²) in [7, 11) is 0. The molecule has 0 aliphatic rings. The van der Waals surface area contributed by atoms with E-state index in [1.54, 1.807) is 12.4 Å². The summed E-state index contributed by atoms with van der Waals surface area (Å²) < 4.78 is 0. The molecule has 0 spiro atoms. The molecule has 3 rings (SSSR count). The van der Waals surface area contributed by atoms with Crippen molar-refractivity contribution in [3.8, 4) is 11.1 Å². The van der Waals surface area contributed by atoms with Gasteiger partial charge in [-0.25, -0.2) is 9.97 Å². The van der Waals surface area contributed by atoms with Gasteiger partial charge in [-0.15, -0.1) is 0 Å².